The van der Waals surface area contributed by atoms with Crippen LogP contribution in [0, 0.1) is 0 Å². The predicted octanol–water partition coefficient (Wildman–Crippen LogP) is 4.11. The molecule has 3 aromatic rings. The first kappa shape index (κ1) is 20.8. The number of benzene rings is 2. The van der Waals surface area contributed by atoms with Crippen molar-refractivity contribution in [1.82, 2.24) is 9.88 Å². The number of nitrogens with one attached hydrogen (secondary N) is 1. The Labute approximate surface area is 174 Å². The molecule has 0 aliphatic rings. The smallest absolute Gasteiger partial charge is 0.243 e. The molecule has 0 bridgehead atoms. The van der Waals surface area contributed by atoms with Crippen LogP contribution in [0.2, 0.25) is 0 Å². The highest BCUT2D eigenvalue weighted by molar-refractivity contribution is 7.18. The lowest BCUT2D eigenvalue weighted by atomic mass is 10.2. The molecule has 0 aliphatic heterocycles. The molecule has 7 heteroatoms. The van der Waals surface area contributed by atoms with E-state index < -0.39 is 0 Å². The summed E-state index contributed by atoms with van der Waals surface area (Å²) in [5.41, 5.74) is 1.65. The minimum Gasteiger partial charge on any atom is -0.497 e. The Kier molecular flexibility index (Phi) is 7.19. The number of ether oxygens (including phenoxy) is 1. The van der Waals surface area contributed by atoms with E-state index in [1.54, 1.807) is 41.5 Å². The number of anilines is 1. The van der Waals surface area contributed by atoms with Gasteiger partial charge in [-0.2, -0.15) is 0 Å². The number of rotatable bonds is 9. The van der Waals surface area contributed by atoms with Crippen molar-refractivity contribution in [3.8, 4) is 5.75 Å². The van der Waals surface area contributed by atoms with Crippen LogP contribution in [0.25, 0.3) is 10.2 Å². The minimum absolute atomic E-state index is 0.0191. The number of para-hydroxylation sites is 1. The Morgan fingerprint density at radius 3 is 2.76 bits per heavy atom. The van der Waals surface area contributed by atoms with E-state index in [-0.39, 0.29) is 18.4 Å². The third kappa shape index (κ3) is 5.77. The molecule has 0 spiro atoms. The Morgan fingerprint density at radius 1 is 1.17 bits per heavy atom. The maximum atomic E-state index is 12.5. The Hall–Kier alpha value is -2.93. The fourth-order valence-electron chi connectivity index (χ4n) is 3.03. The number of fused-ring (bicyclic) bond motifs is 1. The monoisotopic (exact) mass is 411 g/mol. The Morgan fingerprint density at radius 2 is 2.00 bits per heavy atom. The van der Waals surface area contributed by atoms with Gasteiger partial charge in [-0.1, -0.05) is 18.2 Å². The molecular weight excluding hydrogens is 386 g/mol. The molecule has 0 atom stereocenters. The summed E-state index contributed by atoms with van der Waals surface area (Å²) in [5, 5.41) is 3.85. The second-order valence-electron chi connectivity index (χ2n) is 6.62. The number of carbonyl (C=O) groups is 2. The molecule has 0 radical (unpaired) electrons. The number of hydrogen-bond acceptors (Lipinski definition) is 5. The fraction of sp³-hybridized carbons (Fsp3) is 0.318. The highest BCUT2D eigenvalue weighted by Gasteiger charge is 2.16. The van der Waals surface area contributed by atoms with Gasteiger partial charge in [0.15, 0.2) is 0 Å². The largest absolute Gasteiger partial charge is 0.497 e. The van der Waals surface area contributed by atoms with Gasteiger partial charge in [0.25, 0.3) is 0 Å². The number of carbonyl (C=O) groups excluding carboxylic acids is 2. The van der Waals surface area contributed by atoms with Crippen LogP contribution in [0.15, 0.2) is 48.5 Å². The predicted molar refractivity (Wildman–Crippen MR) is 116 cm³/mol. The van der Waals surface area contributed by atoms with Gasteiger partial charge in [-0.25, -0.2) is 4.98 Å². The summed E-state index contributed by atoms with van der Waals surface area (Å²) in [4.78, 5) is 31.0. The number of thiazole rings is 1. The van der Waals surface area contributed by atoms with Crippen LogP contribution in [0.5, 0.6) is 5.75 Å². The van der Waals surface area contributed by atoms with E-state index in [0.717, 1.165) is 16.9 Å². The van der Waals surface area contributed by atoms with Gasteiger partial charge in [-0.3, -0.25) is 9.59 Å². The number of amides is 2. The third-order valence-electron chi connectivity index (χ3n) is 4.54. The van der Waals surface area contributed by atoms with Gasteiger partial charge in [0.1, 0.15) is 5.75 Å². The highest BCUT2D eigenvalue weighted by Crippen LogP contribution is 2.23. The van der Waals surface area contributed by atoms with Crippen LogP contribution in [-0.4, -0.2) is 41.9 Å². The number of hydrogen-bond donors (Lipinski definition) is 1. The highest BCUT2D eigenvalue weighted by atomic mass is 32.1. The van der Waals surface area contributed by atoms with Crippen LogP contribution >= 0.6 is 11.3 Å². The van der Waals surface area contributed by atoms with Crippen molar-refractivity contribution in [1.29, 1.82) is 0 Å². The maximum Gasteiger partial charge on any atom is 0.243 e. The topological polar surface area (TPSA) is 71.5 Å². The number of nitrogens with zero attached hydrogens (tertiary/aromatic N) is 2. The van der Waals surface area contributed by atoms with Gasteiger partial charge in [-0.15, -0.1) is 11.3 Å². The van der Waals surface area contributed by atoms with E-state index in [1.807, 2.05) is 31.2 Å². The zero-order chi connectivity index (χ0) is 20.6. The molecule has 2 amide bonds. The van der Waals surface area contributed by atoms with Gasteiger partial charge in [0.05, 0.1) is 28.9 Å². The number of likely N-dealkylation sites (N-methyl/N-ethyl adjacent to an activating group) is 1. The van der Waals surface area contributed by atoms with Gasteiger partial charge in [0, 0.05) is 24.7 Å². The van der Waals surface area contributed by atoms with Crippen molar-refractivity contribution in [2.45, 2.75) is 26.2 Å². The molecule has 1 heterocycles. The van der Waals surface area contributed by atoms with Crippen LogP contribution in [0.1, 0.15) is 24.8 Å². The SMILES string of the molecule is CCN(CC(=O)Nc1cccc(OC)c1)C(=O)CCCc1nc2ccccc2s1. The molecule has 0 saturated carbocycles. The average Bonchev–Trinajstić information content (AvgIpc) is 3.14. The van der Waals surface area contributed by atoms with Crippen molar-refractivity contribution in [2.75, 3.05) is 25.5 Å². The molecular formula is C22H25N3O3S. The molecule has 0 aliphatic carbocycles. The van der Waals surface area contributed by atoms with E-state index in [4.69, 9.17) is 4.74 Å². The molecule has 6 nitrogen and oxygen atoms in total. The maximum absolute atomic E-state index is 12.5. The van der Waals surface area contributed by atoms with Crippen molar-refractivity contribution in [3.63, 3.8) is 0 Å². The van der Waals surface area contributed by atoms with Gasteiger partial charge in [-0.05, 0) is 44.0 Å². The van der Waals surface area contributed by atoms with Crippen LogP contribution in [0.4, 0.5) is 5.69 Å². The quantitative estimate of drug-likeness (QED) is 0.575. The lowest BCUT2D eigenvalue weighted by Crippen LogP contribution is -2.37. The van der Waals surface area contributed by atoms with Crippen molar-refractivity contribution < 1.29 is 14.3 Å². The summed E-state index contributed by atoms with van der Waals surface area (Å²) in [7, 11) is 1.58. The zero-order valence-corrected chi connectivity index (χ0v) is 17.5. The molecule has 2 aromatic carbocycles. The minimum atomic E-state index is -0.223. The van der Waals surface area contributed by atoms with E-state index in [1.165, 1.54) is 4.70 Å². The lowest BCUT2D eigenvalue weighted by Gasteiger charge is -2.20. The van der Waals surface area contributed by atoms with Gasteiger partial charge < -0.3 is 15.0 Å². The zero-order valence-electron chi connectivity index (χ0n) is 16.7. The van der Waals surface area contributed by atoms with Gasteiger partial charge in [0.2, 0.25) is 11.8 Å². The first-order valence-electron chi connectivity index (χ1n) is 9.65. The summed E-state index contributed by atoms with van der Waals surface area (Å²) in [6.07, 6.45) is 1.88. The first-order valence-corrected chi connectivity index (χ1v) is 10.5. The Balaban J connectivity index is 1.48. The summed E-state index contributed by atoms with van der Waals surface area (Å²) >= 11 is 1.67. The molecule has 29 heavy (non-hydrogen) atoms. The first-order chi connectivity index (χ1) is 14.1. The van der Waals surface area contributed by atoms with E-state index in [0.29, 0.717) is 30.8 Å². The second kappa shape index (κ2) is 10.0. The third-order valence-corrected chi connectivity index (χ3v) is 5.64. The standard InChI is InChI=1S/C22H25N3O3S/c1-3-25(15-20(26)23-16-8-6-9-17(14-16)28-2)22(27)13-7-12-21-24-18-10-4-5-11-19(18)29-21/h4-6,8-11,14H,3,7,12-13,15H2,1-2H3,(H,23,26). The van der Waals surface area contributed by atoms with E-state index in [9.17, 15) is 9.59 Å². The van der Waals surface area contributed by atoms with Crippen molar-refractivity contribution in [3.05, 3.63) is 53.5 Å². The average molecular weight is 412 g/mol. The van der Waals surface area contributed by atoms with Crippen LogP contribution in [-0.2, 0) is 16.0 Å². The normalized spacial score (nSPS) is 10.7. The molecule has 0 saturated heterocycles. The fourth-order valence-corrected chi connectivity index (χ4v) is 4.04. The van der Waals surface area contributed by atoms with Crippen LogP contribution in [0.3, 0.4) is 0 Å². The summed E-state index contributed by atoms with van der Waals surface area (Å²) in [5.74, 6) is 0.426. The molecule has 0 unspecified atom stereocenters. The number of aryl methyl sites for hydroxylation is 1. The second-order valence-corrected chi connectivity index (χ2v) is 7.73. The number of methoxy groups -OCH3 is 1. The van der Waals surface area contributed by atoms with Crippen molar-refractivity contribution >= 4 is 39.1 Å². The van der Waals surface area contributed by atoms with Gasteiger partial charge >= 0.3 is 0 Å². The molecule has 1 aromatic heterocycles. The summed E-state index contributed by atoms with van der Waals surface area (Å²) < 4.78 is 6.32. The Bertz CT molecular complexity index is 953. The van der Waals surface area contributed by atoms with Crippen LogP contribution < -0.4 is 10.1 Å². The molecule has 0 fully saturated rings. The summed E-state index contributed by atoms with van der Waals surface area (Å²) in [6.45, 7) is 2.41. The summed E-state index contributed by atoms with van der Waals surface area (Å²) in [6, 6.07) is 15.2. The van der Waals surface area contributed by atoms with E-state index >= 15 is 0 Å². The lowest BCUT2D eigenvalue weighted by molar-refractivity contribution is -0.134. The molecule has 152 valence electrons. The molecule has 1 N–H and O–H groups in total. The van der Waals surface area contributed by atoms with E-state index in [2.05, 4.69) is 16.4 Å². The molecule has 3 rings (SSSR count). The van der Waals surface area contributed by atoms with Crippen molar-refractivity contribution in [2.24, 2.45) is 0 Å². The number of aromatic nitrogens is 1.